The van der Waals surface area contributed by atoms with Crippen LogP contribution >= 0.6 is 0 Å². The number of nitrogens with one attached hydrogen (secondary N) is 2. The standard InChI is InChI=1S/C19H36N4O2/c1-2-20-19(21-10-13-24-15-18-8-5-12-25-18)22-16-9-11-23(14-16)17-6-3-4-7-17/h16-18H,2-15H2,1H3,(H2,20,21,22). The molecule has 2 saturated heterocycles. The minimum absolute atomic E-state index is 0.301. The van der Waals surface area contributed by atoms with Crippen molar-refractivity contribution < 1.29 is 9.47 Å². The third-order valence-electron chi connectivity index (χ3n) is 5.58. The summed E-state index contributed by atoms with van der Waals surface area (Å²) in [6.07, 6.45) is 9.43. The number of hydrogen-bond acceptors (Lipinski definition) is 4. The zero-order valence-corrected chi connectivity index (χ0v) is 15.8. The summed E-state index contributed by atoms with van der Waals surface area (Å²) in [5.74, 6) is 0.932. The summed E-state index contributed by atoms with van der Waals surface area (Å²) < 4.78 is 11.3. The molecular formula is C19H36N4O2. The summed E-state index contributed by atoms with van der Waals surface area (Å²) in [5.41, 5.74) is 0. The van der Waals surface area contributed by atoms with Gasteiger partial charge in [-0.2, -0.15) is 0 Å². The lowest BCUT2D eigenvalue weighted by Crippen LogP contribution is -2.45. The fourth-order valence-electron chi connectivity index (χ4n) is 4.23. The van der Waals surface area contributed by atoms with Gasteiger partial charge in [-0.05, 0) is 39.0 Å². The van der Waals surface area contributed by atoms with Gasteiger partial charge in [0.1, 0.15) is 0 Å². The fraction of sp³-hybridized carbons (Fsp3) is 0.947. The van der Waals surface area contributed by atoms with Crippen LogP contribution in [-0.2, 0) is 9.47 Å². The van der Waals surface area contributed by atoms with Gasteiger partial charge in [0.15, 0.2) is 5.96 Å². The highest BCUT2D eigenvalue weighted by atomic mass is 16.5. The molecule has 0 amide bonds. The number of nitrogens with zero attached hydrogens (tertiary/aromatic N) is 2. The van der Waals surface area contributed by atoms with E-state index >= 15 is 0 Å². The molecule has 6 heteroatoms. The SMILES string of the molecule is CCNC(=NCCOCC1CCCO1)NC1CCN(C2CCCC2)C1. The molecule has 25 heavy (non-hydrogen) atoms. The van der Waals surface area contributed by atoms with Crippen LogP contribution in [0.15, 0.2) is 4.99 Å². The smallest absolute Gasteiger partial charge is 0.191 e. The fourth-order valence-corrected chi connectivity index (χ4v) is 4.23. The molecule has 3 fully saturated rings. The second-order valence-corrected chi connectivity index (χ2v) is 7.53. The molecule has 6 nitrogen and oxygen atoms in total. The summed E-state index contributed by atoms with van der Waals surface area (Å²) in [5, 5.41) is 6.99. The maximum absolute atomic E-state index is 5.70. The second kappa shape index (κ2) is 10.3. The van der Waals surface area contributed by atoms with Crippen LogP contribution < -0.4 is 10.6 Å². The molecule has 0 bridgehead atoms. The van der Waals surface area contributed by atoms with Crippen molar-refractivity contribution in [1.29, 1.82) is 0 Å². The third kappa shape index (κ3) is 6.12. The van der Waals surface area contributed by atoms with E-state index in [1.165, 1.54) is 45.1 Å². The van der Waals surface area contributed by atoms with Gasteiger partial charge in [0, 0.05) is 38.3 Å². The summed E-state index contributed by atoms with van der Waals surface area (Å²) in [4.78, 5) is 7.35. The summed E-state index contributed by atoms with van der Waals surface area (Å²) in [7, 11) is 0. The molecule has 2 aliphatic heterocycles. The lowest BCUT2D eigenvalue weighted by atomic mass is 10.2. The van der Waals surface area contributed by atoms with E-state index in [0.717, 1.165) is 38.1 Å². The van der Waals surface area contributed by atoms with Crippen LogP contribution in [0.3, 0.4) is 0 Å². The summed E-state index contributed by atoms with van der Waals surface area (Å²) in [6, 6.07) is 1.35. The first kappa shape index (κ1) is 18.9. The molecule has 3 rings (SSSR count). The first-order valence-corrected chi connectivity index (χ1v) is 10.3. The lowest BCUT2D eigenvalue weighted by Gasteiger charge is -2.24. The largest absolute Gasteiger partial charge is 0.377 e. The highest BCUT2D eigenvalue weighted by Crippen LogP contribution is 2.26. The first-order chi connectivity index (χ1) is 12.3. The average Bonchev–Trinajstić information content (AvgIpc) is 3.37. The van der Waals surface area contributed by atoms with Gasteiger partial charge in [-0.15, -0.1) is 0 Å². The van der Waals surface area contributed by atoms with Gasteiger partial charge in [0.05, 0.1) is 25.9 Å². The summed E-state index contributed by atoms with van der Waals surface area (Å²) in [6.45, 7) is 8.35. The van der Waals surface area contributed by atoms with Crippen LogP contribution in [0.1, 0.15) is 51.9 Å². The van der Waals surface area contributed by atoms with Crippen molar-refractivity contribution in [3.8, 4) is 0 Å². The van der Waals surface area contributed by atoms with Gasteiger partial charge in [0.25, 0.3) is 0 Å². The van der Waals surface area contributed by atoms with Gasteiger partial charge in [-0.25, -0.2) is 0 Å². The first-order valence-electron chi connectivity index (χ1n) is 10.3. The summed E-state index contributed by atoms with van der Waals surface area (Å²) >= 11 is 0. The maximum Gasteiger partial charge on any atom is 0.191 e. The van der Waals surface area contributed by atoms with E-state index in [2.05, 4.69) is 27.4 Å². The Morgan fingerprint density at radius 2 is 2.08 bits per heavy atom. The topological polar surface area (TPSA) is 58.1 Å². The molecule has 0 aromatic carbocycles. The number of likely N-dealkylation sites (tertiary alicyclic amines) is 1. The Labute approximate surface area is 152 Å². The highest BCUT2D eigenvalue weighted by Gasteiger charge is 2.30. The molecule has 2 heterocycles. The average molecular weight is 353 g/mol. The maximum atomic E-state index is 5.70. The van der Waals surface area contributed by atoms with E-state index in [9.17, 15) is 0 Å². The van der Waals surface area contributed by atoms with Crippen molar-refractivity contribution in [3.63, 3.8) is 0 Å². The second-order valence-electron chi connectivity index (χ2n) is 7.53. The monoisotopic (exact) mass is 352 g/mol. The van der Waals surface area contributed by atoms with Crippen LogP contribution in [-0.4, -0.2) is 75.0 Å². The molecule has 144 valence electrons. The number of aliphatic imine (C=N–C) groups is 1. The number of hydrogen-bond donors (Lipinski definition) is 2. The number of guanidine groups is 1. The number of rotatable bonds is 8. The van der Waals surface area contributed by atoms with Gasteiger partial charge in [0.2, 0.25) is 0 Å². The molecule has 0 spiro atoms. The highest BCUT2D eigenvalue weighted by molar-refractivity contribution is 5.80. The van der Waals surface area contributed by atoms with Crippen LogP contribution in [0.25, 0.3) is 0 Å². The molecule has 0 radical (unpaired) electrons. The van der Waals surface area contributed by atoms with Crippen LogP contribution in [0.4, 0.5) is 0 Å². The Morgan fingerprint density at radius 3 is 2.84 bits per heavy atom. The molecule has 1 aliphatic carbocycles. The molecule has 0 aromatic heterocycles. The van der Waals surface area contributed by atoms with E-state index in [-0.39, 0.29) is 0 Å². The van der Waals surface area contributed by atoms with Gasteiger partial charge >= 0.3 is 0 Å². The zero-order valence-electron chi connectivity index (χ0n) is 15.8. The van der Waals surface area contributed by atoms with Crippen LogP contribution in [0.2, 0.25) is 0 Å². The minimum atomic E-state index is 0.301. The molecular weight excluding hydrogens is 316 g/mol. The predicted molar refractivity (Wildman–Crippen MR) is 101 cm³/mol. The Bertz CT molecular complexity index is 406. The van der Waals surface area contributed by atoms with Crippen molar-refractivity contribution in [1.82, 2.24) is 15.5 Å². The van der Waals surface area contributed by atoms with Gasteiger partial charge in [-0.1, -0.05) is 12.8 Å². The van der Waals surface area contributed by atoms with Crippen molar-refractivity contribution in [2.24, 2.45) is 4.99 Å². The van der Waals surface area contributed by atoms with Crippen molar-refractivity contribution in [2.75, 3.05) is 46.0 Å². The Kier molecular flexibility index (Phi) is 7.82. The molecule has 0 aromatic rings. The third-order valence-corrected chi connectivity index (χ3v) is 5.58. The Hall–Kier alpha value is -0.850. The van der Waals surface area contributed by atoms with Gasteiger partial charge in [-0.3, -0.25) is 9.89 Å². The zero-order chi connectivity index (χ0) is 17.3. The van der Waals surface area contributed by atoms with E-state index < -0.39 is 0 Å². The van der Waals surface area contributed by atoms with E-state index in [1.807, 2.05) is 0 Å². The van der Waals surface area contributed by atoms with Crippen molar-refractivity contribution in [3.05, 3.63) is 0 Å². The van der Waals surface area contributed by atoms with Crippen LogP contribution in [0.5, 0.6) is 0 Å². The quantitative estimate of drug-likeness (QED) is 0.396. The van der Waals surface area contributed by atoms with Crippen LogP contribution in [0, 0.1) is 0 Å². The molecule has 2 atom stereocenters. The Balaban J connectivity index is 1.35. The molecule has 1 saturated carbocycles. The van der Waals surface area contributed by atoms with Crippen molar-refractivity contribution >= 4 is 5.96 Å². The van der Waals surface area contributed by atoms with E-state index in [1.54, 1.807) is 0 Å². The molecule has 2 unspecified atom stereocenters. The van der Waals surface area contributed by atoms with Crippen molar-refractivity contribution in [2.45, 2.75) is 70.1 Å². The number of ether oxygens (including phenoxy) is 2. The lowest BCUT2D eigenvalue weighted by molar-refractivity contribution is 0.0200. The van der Waals surface area contributed by atoms with E-state index in [4.69, 9.17) is 9.47 Å². The minimum Gasteiger partial charge on any atom is -0.377 e. The Morgan fingerprint density at radius 1 is 1.20 bits per heavy atom. The molecule has 3 aliphatic rings. The normalized spacial score (nSPS) is 28.8. The molecule has 2 N–H and O–H groups in total. The van der Waals surface area contributed by atoms with Gasteiger partial charge < -0.3 is 20.1 Å². The van der Waals surface area contributed by atoms with E-state index in [0.29, 0.717) is 31.9 Å². The predicted octanol–water partition coefficient (Wildman–Crippen LogP) is 1.75.